The molecule has 9 aromatic carbocycles. The molecule has 16 rings (SSSR count). The van der Waals surface area contributed by atoms with Gasteiger partial charge in [-0.25, -0.2) is 4.85 Å². The first-order valence-corrected chi connectivity index (χ1v) is 24.6. The first-order valence-electron chi connectivity index (χ1n) is 24.6. The van der Waals surface area contributed by atoms with Gasteiger partial charge < -0.3 is 18.4 Å². The van der Waals surface area contributed by atoms with E-state index in [2.05, 4.69) is 213 Å². The Labute approximate surface area is 418 Å². The lowest BCUT2D eigenvalue weighted by Gasteiger charge is -2.39. The van der Waals surface area contributed by atoms with E-state index in [-0.39, 0.29) is 0 Å². The minimum absolute atomic E-state index is 0.604. The van der Waals surface area contributed by atoms with Crippen molar-refractivity contribution < 1.29 is 4.74 Å². The van der Waals surface area contributed by atoms with E-state index >= 15 is 0 Å². The summed E-state index contributed by atoms with van der Waals surface area (Å²) >= 11 is 0. The molecule has 0 radical (unpaired) electrons. The minimum atomic E-state index is -0.770. The molecule has 5 aromatic heterocycles. The van der Waals surface area contributed by atoms with Crippen LogP contribution in [-0.2, 0) is 5.41 Å². The molecular formula is C66H38N6O. The lowest BCUT2D eigenvalue weighted by molar-refractivity contribution is 0.436. The molecule has 0 unspecified atom stereocenters. The quantitative estimate of drug-likeness (QED) is 0.165. The fourth-order valence-corrected chi connectivity index (χ4v) is 12.6. The van der Waals surface area contributed by atoms with Crippen LogP contribution in [0, 0.1) is 6.57 Å². The van der Waals surface area contributed by atoms with Crippen LogP contribution in [0.25, 0.3) is 110 Å². The van der Waals surface area contributed by atoms with Gasteiger partial charge in [0.15, 0.2) is 5.69 Å². The SMILES string of the molecule is [C-]#[N+]c1ccc2c(c1)c1cc(-c3ccc4c(c3)Oc3ccc(-n5c6ccccc6c6ccccc65)cc3C43c4cccnc4-c4ncccc43)ccc1n2-c1ccc(-n2c3ccccc3c3ccccc32)cc1. The zero-order chi connectivity index (χ0) is 47.9. The third-order valence-corrected chi connectivity index (χ3v) is 15.6. The Hall–Kier alpha value is -10.0. The van der Waals surface area contributed by atoms with Crippen LogP contribution in [0.1, 0.15) is 22.3 Å². The van der Waals surface area contributed by atoms with Crippen LogP contribution in [0.15, 0.2) is 231 Å². The fraction of sp³-hybridized carbons (Fsp3) is 0.0152. The van der Waals surface area contributed by atoms with Crippen LogP contribution in [0.3, 0.4) is 0 Å². The van der Waals surface area contributed by atoms with E-state index in [1.165, 1.54) is 32.6 Å². The van der Waals surface area contributed by atoms with Gasteiger partial charge in [-0.15, -0.1) is 0 Å². The Balaban J connectivity index is 0.858. The molecule has 0 amide bonds. The molecule has 1 aliphatic carbocycles. The highest BCUT2D eigenvalue weighted by molar-refractivity contribution is 6.13. The van der Waals surface area contributed by atoms with Gasteiger partial charge in [0.2, 0.25) is 0 Å². The molecule has 14 aromatic rings. The number of pyridine rings is 2. The number of ether oxygens (including phenoxy) is 1. The van der Waals surface area contributed by atoms with Crippen molar-refractivity contribution in [2.45, 2.75) is 5.41 Å². The minimum Gasteiger partial charge on any atom is -0.457 e. The van der Waals surface area contributed by atoms with Crippen molar-refractivity contribution in [1.82, 2.24) is 23.7 Å². The summed E-state index contributed by atoms with van der Waals surface area (Å²) in [4.78, 5) is 13.9. The molecule has 73 heavy (non-hydrogen) atoms. The van der Waals surface area contributed by atoms with Crippen LogP contribution in [0.2, 0.25) is 0 Å². The molecule has 0 N–H and O–H groups in total. The van der Waals surface area contributed by atoms with Crippen LogP contribution in [0.4, 0.5) is 5.69 Å². The van der Waals surface area contributed by atoms with Crippen molar-refractivity contribution in [3.63, 3.8) is 0 Å². The molecule has 338 valence electrons. The summed E-state index contributed by atoms with van der Waals surface area (Å²) in [6.07, 6.45) is 3.73. The van der Waals surface area contributed by atoms with Crippen molar-refractivity contribution >= 4 is 71.1 Å². The molecule has 2 aliphatic rings. The number of hydrogen-bond acceptors (Lipinski definition) is 3. The standard InChI is InChI=1S/C66H38N6O/c1-67-42-24-32-61-51(38-42)50-36-40(23-31-60(50)71(61)44-27-25-43(26-28-44)70-56-18-6-2-12-46(56)47-13-3-7-19-57(47)70)41-22-30-52-63(37-41)73-62-33-29-45(72-58-20-8-4-14-48(58)49-15-5-9-21-59(49)72)39-55(62)66(52)53-16-10-34-68-64(53)65-54(66)17-11-35-69-65/h2-39H. The summed E-state index contributed by atoms with van der Waals surface area (Å²) in [5.41, 5.74) is 17.8. The maximum absolute atomic E-state index is 7.99. The Kier molecular flexibility index (Phi) is 8.04. The summed E-state index contributed by atoms with van der Waals surface area (Å²) in [7, 11) is 0. The summed E-state index contributed by atoms with van der Waals surface area (Å²) in [6, 6.07) is 77.9. The number of aromatic nitrogens is 5. The predicted molar refractivity (Wildman–Crippen MR) is 294 cm³/mol. The number of benzene rings is 9. The number of para-hydroxylation sites is 4. The summed E-state index contributed by atoms with van der Waals surface area (Å²) < 4.78 is 14.2. The van der Waals surface area contributed by atoms with Gasteiger partial charge in [-0.2, -0.15) is 0 Å². The molecule has 7 nitrogen and oxygen atoms in total. The molecule has 1 spiro atoms. The van der Waals surface area contributed by atoms with Crippen molar-refractivity contribution in [2.75, 3.05) is 0 Å². The second kappa shape index (κ2) is 14.8. The van der Waals surface area contributed by atoms with Crippen LogP contribution in [-0.4, -0.2) is 23.7 Å². The second-order valence-electron chi connectivity index (χ2n) is 19.2. The van der Waals surface area contributed by atoms with Gasteiger partial charge in [0.05, 0.1) is 56.5 Å². The molecule has 6 heterocycles. The number of hydrogen-bond donors (Lipinski definition) is 0. The molecule has 1 aliphatic heterocycles. The van der Waals surface area contributed by atoms with E-state index in [4.69, 9.17) is 21.3 Å². The maximum Gasteiger partial charge on any atom is 0.188 e. The van der Waals surface area contributed by atoms with Gasteiger partial charge in [0.1, 0.15) is 11.5 Å². The van der Waals surface area contributed by atoms with Crippen molar-refractivity contribution in [3.8, 4) is 51.1 Å². The summed E-state index contributed by atoms with van der Waals surface area (Å²) in [5, 5.41) is 6.99. The number of fused-ring (bicyclic) bond motifs is 18. The highest BCUT2D eigenvalue weighted by atomic mass is 16.5. The monoisotopic (exact) mass is 930 g/mol. The van der Waals surface area contributed by atoms with Gasteiger partial charge >= 0.3 is 0 Å². The largest absolute Gasteiger partial charge is 0.457 e. The highest BCUT2D eigenvalue weighted by Gasteiger charge is 2.52. The summed E-state index contributed by atoms with van der Waals surface area (Å²) in [5.74, 6) is 1.57. The third-order valence-electron chi connectivity index (χ3n) is 15.6. The molecule has 0 fully saturated rings. The lowest BCUT2D eigenvalue weighted by Crippen LogP contribution is -2.32. The lowest BCUT2D eigenvalue weighted by atomic mass is 9.66. The molecule has 0 saturated carbocycles. The van der Waals surface area contributed by atoms with Crippen LogP contribution < -0.4 is 4.74 Å². The zero-order valence-electron chi connectivity index (χ0n) is 39.0. The van der Waals surface area contributed by atoms with E-state index in [1.807, 2.05) is 36.7 Å². The van der Waals surface area contributed by atoms with Gasteiger partial charge in [-0.3, -0.25) is 9.97 Å². The van der Waals surface area contributed by atoms with Gasteiger partial charge in [-0.05, 0) is 137 Å². The van der Waals surface area contributed by atoms with E-state index in [0.29, 0.717) is 5.69 Å². The predicted octanol–water partition coefficient (Wildman–Crippen LogP) is 16.5. The molecule has 7 heteroatoms. The van der Waals surface area contributed by atoms with Crippen molar-refractivity contribution in [2.24, 2.45) is 0 Å². The molecule has 0 saturated heterocycles. The molecular weight excluding hydrogens is 893 g/mol. The Bertz CT molecular complexity index is 4590. The Morgan fingerprint density at radius 1 is 0.356 bits per heavy atom. The van der Waals surface area contributed by atoms with E-state index in [1.54, 1.807) is 0 Å². The van der Waals surface area contributed by atoms with Gasteiger partial charge in [0, 0.05) is 67.5 Å². The maximum atomic E-state index is 7.99. The Morgan fingerprint density at radius 3 is 1.38 bits per heavy atom. The second-order valence-corrected chi connectivity index (χ2v) is 19.2. The average molecular weight is 931 g/mol. The number of nitrogens with zero attached hydrogens (tertiary/aromatic N) is 6. The van der Waals surface area contributed by atoms with Crippen molar-refractivity contribution in [1.29, 1.82) is 0 Å². The molecule has 0 bridgehead atoms. The van der Waals surface area contributed by atoms with Gasteiger partial charge in [-0.1, -0.05) is 109 Å². The fourth-order valence-electron chi connectivity index (χ4n) is 12.6. The highest BCUT2D eigenvalue weighted by Crippen LogP contribution is 2.62. The van der Waals surface area contributed by atoms with E-state index < -0.39 is 5.41 Å². The van der Waals surface area contributed by atoms with Crippen LogP contribution in [0.5, 0.6) is 11.5 Å². The Morgan fingerprint density at radius 2 is 0.822 bits per heavy atom. The third kappa shape index (κ3) is 5.36. The first-order chi connectivity index (χ1) is 36.2. The topological polar surface area (TPSA) is 54.2 Å². The normalized spacial score (nSPS) is 13.1. The first kappa shape index (κ1) is 39.8. The smallest absolute Gasteiger partial charge is 0.188 e. The van der Waals surface area contributed by atoms with Crippen molar-refractivity contribution in [3.05, 3.63) is 264 Å². The summed E-state index contributed by atoms with van der Waals surface area (Å²) in [6.45, 7) is 7.99. The molecule has 0 atom stereocenters. The zero-order valence-corrected chi connectivity index (χ0v) is 39.0. The van der Waals surface area contributed by atoms with E-state index in [0.717, 1.165) is 106 Å². The number of rotatable bonds is 4. The van der Waals surface area contributed by atoms with Gasteiger partial charge in [0.25, 0.3) is 0 Å². The average Bonchev–Trinajstić information content (AvgIpc) is 4.19. The van der Waals surface area contributed by atoms with E-state index in [9.17, 15) is 0 Å². The van der Waals surface area contributed by atoms with Crippen LogP contribution >= 0.6 is 0 Å².